The molecule has 1 unspecified atom stereocenters. The van der Waals surface area contributed by atoms with E-state index in [1.165, 1.54) is 7.11 Å². The second-order valence-electron chi connectivity index (χ2n) is 6.69. The Hall–Kier alpha value is -3.12. The molecule has 1 atom stereocenters. The number of carbonyl (C=O) groups excluding carboxylic acids is 1. The van der Waals surface area contributed by atoms with Crippen LogP contribution >= 0.6 is 0 Å². The highest BCUT2D eigenvalue weighted by Crippen LogP contribution is 2.39. The molecule has 0 aromatic heterocycles. The van der Waals surface area contributed by atoms with Gasteiger partial charge in [-0.25, -0.2) is 0 Å². The fourth-order valence-electron chi connectivity index (χ4n) is 3.74. The molecule has 0 aliphatic carbocycles. The summed E-state index contributed by atoms with van der Waals surface area (Å²) < 4.78 is 5.29. The van der Waals surface area contributed by atoms with E-state index in [2.05, 4.69) is 30.3 Å². The van der Waals surface area contributed by atoms with Gasteiger partial charge in [-0.3, -0.25) is 4.79 Å². The Morgan fingerprint density at radius 1 is 0.926 bits per heavy atom. The summed E-state index contributed by atoms with van der Waals surface area (Å²) in [7, 11) is 1.44. The molecule has 0 aliphatic heterocycles. The second-order valence-corrected chi connectivity index (χ2v) is 6.69. The van der Waals surface area contributed by atoms with Crippen molar-refractivity contribution in [2.45, 2.75) is 31.1 Å². The lowest BCUT2D eigenvalue weighted by Gasteiger charge is -2.32. The molecule has 3 nitrogen and oxygen atoms in total. The summed E-state index contributed by atoms with van der Waals surface area (Å²) in [5, 5.41) is 11.1. The molecule has 3 heteroatoms. The number of methoxy groups -OCH3 is 1. The minimum absolute atomic E-state index is 0.263. The van der Waals surface area contributed by atoms with E-state index in [-0.39, 0.29) is 5.97 Å². The maximum Gasteiger partial charge on any atom is 0.320 e. The highest BCUT2D eigenvalue weighted by atomic mass is 16.5. The van der Waals surface area contributed by atoms with Crippen LogP contribution in [0.2, 0.25) is 0 Å². The fraction of sp³-hybridized carbons (Fsp3) is 0.250. The van der Waals surface area contributed by atoms with E-state index in [4.69, 9.17) is 10.00 Å². The molecule has 3 rings (SSSR count). The Morgan fingerprint density at radius 2 is 1.63 bits per heavy atom. The first-order valence-corrected chi connectivity index (χ1v) is 9.22. The Morgan fingerprint density at radius 3 is 2.33 bits per heavy atom. The number of carbonyl (C=O) groups is 1. The number of unbranched alkanes of at least 4 members (excludes halogenated alkanes) is 2. The van der Waals surface area contributed by atoms with Crippen LogP contribution in [-0.4, -0.2) is 13.1 Å². The summed E-state index contributed by atoms with van der Waals surface area (Å²) >= 11 is 0. The molecule has 0 aliphatic rings. The molecule has 0 spiro atoms. The minimum Gasteiger partial charge on any atom is -0.468 e. The van der Waals surface area contributed by atoms with Crippen molar-refractivity contribution in [2.75, 3.05) is 7.11 Å². The highest BCUT2D eigenvalue weighted by molar-refractivity contribution is 5.91. The van der Waals surface area contributed by atoms with Gasteiger partial charge in [0.25, 0.3) is 0 Å². The highest BCUT2D eigenvalue weighted by Gasteiger charge is 2.42. The van der Waals surface area contributed by atoms with Gasteiger partial charge in [0.2, 0.25) is 0 Å². The zero-order chi connectivity index (χ0) is 19.1. The average Bonchev–Trinajstić information content (AvgIpc) is 2.74. The summed E-state index contributed by atoms with van der Waals surface area (Å²) in [5.74, 6) is -0.263. The van der Waals surface area contributed by atoms with E-state index >= 15 is 0 Å². The van der Waals surface area contributed by atoms with Crippen LogP contribution in [0.25, 0.3) is 10.8 Å². The third-order valence-electron chi connectivity index (χ3n) is 5.13. The third kappa shape index (κ3) is 3.71. The molecule has 136 valence electrons. The number of hydrogen-bond donors (Lipinski definition) is 0. The Labute approximate surface area is 160 Å². The lowest BCUT2D eigenvalue weighted by molar-refractivity contribution is -0.146. The first-order chi connectivity index (χ1) is 13.2. The van der Waals surface area contributed by atoms with Gasteiger partial charge in [-0.05, 0) is 40.8 Å². The molecule has 0 saturated carbocycles. The van der Waals surface area contributed by atoms with Crippen molar-refractivity contribution in [3.63, 3.8) is 0 Å². The van der Waals surface area contributed by atoms with Gasteiger partial charge in [0.15, 0.2) is 0 Å². The van der Waals surface area contributed by atoms with Crippen molar-refractivity contribution < 1.29 is 9.53 Å². The van der Waals surface area contributed by atoms with Crippen molar-refractivity contribution in [2.24, 2.45) is 0 Å². The van der Waals surface area contributed by atoms with Crippen LogP contribution in [0.1, 0.15) is 36.8 Å². The topological polar surface area (TPSA) is 50.1 Å². The van der Waals surface area contributed by atoms with Crippen molar-refractivity contribution in [1.82, 2.24) is 0 Å². The molecule has 3 aromatic carbocycles. The van der Waals surface area contributed by atoms with Gasteiger partial charge in [-0.1, -0.05) is 73.2 Å². The summed E-state index contributed by atoms with van der Waals surface area (Å²) in [5.41, 5.74) is 0.968. The molecule has 0 amide bonds. The van der Waals surface area contributed by atoms with Crippen LogP contribution in [-0.2, 0) is 14.9 Å². The SMILES string of the molecule is COC(=O)C(CCCCC#N)(c1ccccc1)c1ccc2ccccc2c1. The Balaban J connectivity index is 2.16. The number of esters is 1. The van der Waals surface area contributed by atoms with Gasteiger partial charge < -0.3 is 4.74 Å². The first-order valence-electron chi connectivity index (χ1n) is 9.22. The number of benzene rings is 3. The van der Waals surface area contributed by atoms with Crippen molar-refractivity contribution >= 4 is 16.7 Å². The fourth-order valence-corrected chi connectivity index (χ4v) is 3.74. The van der Waals surface area contributed by atoms with Gasteiger partial charge in [-0.2, -0.15) is 5.26 Å². The lowest BCUT2D eigenvalue weighted by atomic mass is 9.70. The largest absolute Gasteiger partial charge is 0.468 e. The Kier molecular flexibility index (Phi) is 5.88. The minimum atomic E-state index is -0.879. The van der Waals surface area contributed by atoms with Gasteiger partial charge in [0.05, 0.1) is 13.2 Å². The quantitative estimate of drug-likeness (QED) is 0.421. The number of rotatable bonds is 7. The third-order valence-corrected chi connectivity index (χ3v) is 5.13. The predicted octanol–water partition coefficient (Wildman–Crippen LogP) is 5.38. The molecule has 0 fully saturated rings. The zero-order valence-electron chi connectivity index (χ0n) is 15.5. The molecule has 0 heterocycles. The van der Waals surface area contributed by atoms with E-state index < -0.39 is 5.41 Å². The van der Waals surface area contributed by atoms with Crippen LogP contribution in [0.15, 0.2) is 72.8 Å². The standard InChI is InChI=1S/C24H23NO2/c1-27-23(26)24(16-8-3-9-17-25,21-12-4-2-5-13-21)22-15-14-19-10-6-7-11-20(19)18-22/h2,4-7,10-15,18H,3,8-9,16H2,1H3. The maximum absolute atomic E-state index is 13.1. The maximum atomic E-state index is 13.1. The molecular formula is C24H23NO2. The molecule has 0 N–H and O–H groups in total. The number of fused-ring (bicyclic) bond motifs is 1. The van der Waals surface area contributed by atoms with Crippen LogP contribution in [0.3, 0.4) is 0 Å². The summed E-state index contributed by atoms with van der Waals surface area (Å²) in [6, 6.07) is 26.3. The Bertz CT molecular complexity index is 959. The first kappa shape index (κ1) is 18.7. The van der Waals surface area contributed by atoms with Gasteiger partial charge in [0.1, 0.15) is 5.41 Å². The number of ether oxygens (including phenoxy) is 1. The normalized spacial score (nSPS) is 12.9. The summed E-state index contributed by atoms with van der Waals surface area (Å²) in [6.07, 6.45) is 2.62. The van der Waals surface area contributed by atoms with Crippen molar-refractivity contribution in [3.8, 4) is 6.07 Å². The predicted molar refractivity (Wildman–Crippen MR) is 107 cm³/mol. The van der Waals surface area contributed by atoms with E-state index in [1.807, 2.05) is 48.5 Å². The monoisotopic (exact) mass is 357 g/mol. The van der Waals surface area contributed by atoms with Crippen LogP contribution in [0.4, 0.5) is 0 Å². The van der Waals surface area contributed by atoms with E-state index in [0.717, 1.165) is 34.7 Å². The van der Waals surface area contributed by atoms with Crippen LogP contribution in [0, 0.1) is 11.3 Å². The van der Waals surface area contributed by atoms with Gasteiger partial charge in [-0.15, -0.1) is 0 Å². The summed E-state index contributed by atoms with van der Waals surface area (Å²) in [4.78, 5) is 13.1. The van der Waals surface area contributed by atoms with Gasteiger partial charge in [0, 0.05) is 6.42 Å². The van der Waals surface area contributed by atoms with Crippen molar-refractivity contribution in [3.05, 3.63) is 83.9 Å². The molecule has 0 bridgehead atoms. The average molecular weight is 357 g/mol. The second kappa shape index (κ2) is 8.51. The van der Waals surface area contributed by atoms with E-state index in [1.54, 1.807) is 0 Å². The molecular weight excluding hydrogens is 334 g/mol. The molecule has 0 radical (unpaired) electrons. The lowest BCUT2D eigenvalue weighted by Crippen LogP contribution is -2.38. The zero-order valence-corrected chi connectivity index (χ0v) is 15.5. The van der Waals surface area contributed by atoms with Crippen LogP contribution in [0.5, 0.6) is 0 Å². The number of nitriles is 1. The van der Waals surface area contributed by atoms with E-state index in [9.17, 15) is 4.79 Å². The van der Waals surface area contributed by atoms with Gasteiger partial charge >= 0.3 is 5.97 Å². The number of hydrogen-bond acceptors (Lipinski definition) is 3. The summed E-state index contributed by atoms with van der Waals surface area (Å²) in [6.45, 7) is 0. The molecule has 27 heavy (non-hydrogen) atoms. The molecule has 3 aromatic rings. The van der Waals surface area contributed by atoms with E-state index in [0.29, 0.717) is 12.8 Å². The molecule has 0 saturated heterocycles. The smallest absolute Gasteiger partial charge is 0.320 e. The number of nitrogens with zero attached hydrogens (tertiary/aromatic N) is 1. The van der Waals surface area contributed by atoms with Crippen LogP contribution < -0.4 is 0 Å². The van der Waals surface area contributed by atoms with Crippen molar-refractivity contribution in [1.29, 1.82) is 5.26 Å².